The van der Waals surface area contributed by atoms with Gasteiger partial charge in [0.2, 0.25) is 5.91 Å². The molecule has 0 bridgehead atoms. The van der Waals surface area contributed by atoms with Crippen molar-refractivity contribution >= 4 is 11.9 Å². The number of aliphatic hydroxyl groups excluding tert-OH is 5. The second-order valence-electron chi connectivity index (χ2n) is 26.3. The van der Waals surface area contributed by atoms with E-state index in [2.05, 4.69) is 79.9 Å². The average Bonchev–Trinajstić information content (AvgIpc) is 0.957. The smallest absolute Gasteiger partial charge is 0.305 e. The molecule has 7 unspecified atom stereocenters. The maximum atomic E-state index is 13.0. The molecule has 11 nitrogen and oxygen atoms in total. The first kappa shape index (κ1) is 85.1. The highest BCUT2D eigenvalue weighted by atomic mass is 16.7. The zero-order valence-corrected chi connectivity index (χ0v) is 58.3. The number of carbonyl (C=O) groups is 2. The molecule has 90 heavy (non-hydrogen) atoms. The molecule has 1 fully saturated rings. The summed E-state index contributed by atoms with van der Waals surface area (Å²) in [4.78, 5) is 25.1. The van der Waals surface area contributed by atoms with Crippen LogP contribution in [-0.2, 0) is 23.8 Å². The Morgan fingerprint density at radius 1 is 0.411 bits per heavy atom. The molecule has 1 saturated heterocycles. The summed E-state index contributed by atoms with van der Waals surface area (Å²) in [7, 11) is 0. The lowest BCUT2D eigenvalue weighted by atomic mass is 9.99. The van der Waals surface area contributed by atoms with E-state index in [4.69, 9.17) is 14.2 Å². The number of hydrogen-bond donors (Lipinski definition) is 6. The molecule has 0 radical (unpaired) electrons. The van der Waals surface area contributed by atoms with E-state index >= 15 is 0 Å². The fourth-order valence-electron chi connectivity index (χ4n) is 11.7. The summed E-state index contributed by atoms with van der Waals surface area (Å²) in [6, 6.07) is -0.826. The third-order valence-electron chi connectivity index (χ3n) is 17.8. The van der Waals surface area contributed by atoms with E-state index in [9.17, 15) is 35.1 Å². The van der Waals surface area contributed by atoms with Crippen molar-refractivity contribution in [3.8, 4) is 0 Å². The molecule has 1 aliphatic heterocycles. The molecule has 0 aromatic heterocycles. The number of unbranched alkanes of at least 4 members (excludes halogenated alkanes) is 43. The molecular formula is C79H143NO10. The van der Waals surface area contributed by atoms with E-state index in [1.165, 1.54) is 257 Å². The molecule has 0 aliphatic carbocycles. The fourth-order valence-corrected chi connectivity index (χ4v) is 11.7. The highest BCUT2D eigenvalue weighted by Gasteiger charge is 2.44. The van der Waals surface area contributed by atoms with E-state index in [0.29, 0.717) is 19.4 Å². The number of hydrogen-bond acceptors (Lipinski definition) is 10. The fraction of sp³-hybridized carbons (Fsp3) is 0.823. The molecule has 1 rings (SSSR count). The Morgan fingerprint density at radius 3 is 1.19 bits per heavy atom. The first-order valence-corrected chi connectivity index (χ1v) is 38.2. The number of nitrogens with one attached hydrogen (secondary N) is 1. The lowest BCUT2D eigenvalue weighted by Crippen LogP contribution is -2.60. The number of allylic oxidation sites excluding steroid dienone is 11. The Morgan fingerprint density at radius 2 is 0.756 bits per heavy atom. The van der Waals surface area contributed by atoms with Crippen LogP contribution in [0.15, 0.2) is 72.9 Å². The van der Waals surface area contributed by atoms with Gasteiger partial charge >= 0.3 is 5.97 Å². The van der Waals surface area contributed by atoms with Gasteiger partial charge < -0.3 is 45.1 Å². The molecule has 1 aliphatic rings. The Balaban J connectivity index is 1.88. The Hall–Kier alpha value is -2.90. The van der Waals surface area contributed by atoms with Gasteiger partial charge in [-0.1, -0.05) is 305 Å². The molecule has 11 heteroatoms. The second-order valence-corrected chi connectivity index (χ2v) is 26.3. The van der Waals surface area contributed by atoms with Crippen molar-refractivity contribution in [2.75, 3.05) is 19.8 Å². The summed E-state index contributed by atoms with van der Waals surface area (Å²) in [5.41, 5.74) is 0. The molecular weight excluding hydrogens is 1120 g/mol. The summed E-state index contributed by atoms with van der Waals surface area (Å²) >= 11 is 0. The standard InChI is InChI=1S/C79H143NO10/c1-3-5-7-9-11-13-14-15-16-17-38-41-44-47-51-55-59-63-67-75(84)88-68-64-60-56-52-48-45-42-39-36-34-32-30-28-26-24-22-20-18-19-21-23-25-27-29-31-33-35-37-40-43-46-50-54-58-62-66-74(83)80-71(72(82)65-61-57-53-49-12-10-8-6-4-2)70-89-79-78(87)77(86)76(85)73(69-81)90-79/h12-14,16-17,20,22,26,28,49,61,65,71-73,76-79,81-82,85-87H,3-11,15,18-19,21,23-25,27,29-48,50-60,62-64,66-70H2,1-2H3,(H,80,83)/b14-13-,17-16-,22-20-,28-26-,49-12+,65-61+. The van der Waals surface area contributed by atoms with Crippen molar-refractivity contribution < 1.29 is 49.3 Å². The van der Waals surface area contributed by atoms with Crippen LogP contribution in [0.3, 0.4) is 0 Å². The van der Waals surface area contributed by atoms with Gasteiger partial charge in [0, 0.05) is 12.8 Å². The normalized spacial score (nSPS) is 18.1. The second kappa shape index (κ2) is 67.5. The minimum Gasteiger partial charge on any atom is -0.466 e. The quantitative estimate of drug-likeness (QED) is 0.0195. The summed E-state index contributed by atoms with van der Waals surface area (Å²) in [5, 5.41) is 54.3. The zero-order chi connectivity index (χ0) is 65.1. The van der Waals surface area contributed by atoms with E-state index in [1.807, 2.05) is 6.08 Å². The highest BCUT2D eigenvalue weighted by Crippen LogP contribution is 2.23. The van der Waals surface area contributed by atoms with Gasteiger partial charge in [-0.25, -0.2) is 0 Å². The Bertz CT molecular complexity index is 1730. The van der Waals surface area contributed by atoms with E-state index in [0.717, 1.165) is 70.6 Å². The minimum atomic E-state index is -1.58. The predicted molar refractivity (Wildman–Crippen MR) is 380 cm³/mol. The van der Waals surface area contributed by atoms with Crippen LogP contribution in [0.1, 0.15) is 354 Å². The number of esters is 1. The van der Waals surface area contributed by atoms with Crippen LogP contribution in [-0.4, -0.2) is 100 Å². The van der Waals surface area contributed by atoms with Crippen LogP contribution in [0.2, 0.25) is 0 Å². The summed E-state index contributed by atoms with van der Waals surface area (Å²) in [5.74, 6) is -0.189. The molecule has 0 aromatic carbocycles. The molecule has 524 valence electrons. The molecule has 0 saturated carbocycles. The number of amides is 1. The van der Waals surface area contributed by atoms with Crippen LogP contribution >= 0.6 is 0 Å². The lowest BCUT2D eigenvalue weighted by molar-refractivity contribution is -0.302. The summed E-state index contributed by atoms with van der Waals surface area (Å²) in [6.45, 7) is 4.28. The van der Waals surface area contributed by atoms with Crippen LogP contribution in [0.25, 0.3) is 0 Å². The van der Waals surface area contributed by atoms with Crippen molar-refractivity contribution in [3.63, 3.8) is 0 Å². The molecule has 1 amide bonds. The van der Waals surface area contributed by atoms with Crippen LogP contribution in [0.4, 0.5) is 0 Å². The van der Waals surface area contributed by atoms with Gasteiger partial charge in [-0.2, -0.15) is 0 Å². The van der Waals surface area contributed by atoms with Gasteiger partial charge in [-0.15, -0.1) is 0 Å². The maximum absolute atomic E-state index is 13.0. The van der Waals surface area contributed by atoms with Crippen LogP contribution < -0.4 is 5.32 Å². The van der Waals surface area contributed by atoms with E-state index in [1.54, 1.807) is 6.08 Å². The van der Waals surface area contributed by atoms with Crippen molar-refractivity contribution in [1.29, 1.82) is 0 Å². The lowest BCUT2D eigenvalue weighted by Gasteiger charge is -2.40. The predicted octanol–water partition coefficient (Wildman–Crippen LogP) is 20.2. The van der Waals surface area contributed by atoms with Gasteiger partial charge in [0.05, 0.1) is 32.0 Å². The molecule has 0 spiro atoms. The van der Waals surface area contributed by atoms with Crippen LogP contribution in [0.5, 0.6) is 0 Å². The third kappa shape index (κ3) is 55.5. The van der Waals surface area contributed by atoms with Crippen molar-refractivity contribution in [3.05, 3.63) is 72.9 Å². The van der Waals surface area contributed by atoms with Gasteiger partial charge in [-0.3, -0.25) is 9.59 Å². The first-order valence-electron chi connectivity index (χ1n) is 38.2. The number of ether oxygens (including phenoxy) is 3. The first-order chi connectivity index (χ1) is 44.2. The van der Waals surface area contributed by atoms with Gasteiger partial charge in [0.25, 0.3) is 0 Å². The Labute approximate surface area is 553 Å². The molecule has 0 aromatic rings. The minimum absolute atomic E-state index is 0.00231. The summed E-state index contributed by atoms with van der Waals surface area (Å²) in [6.07, 6.45) is 82.3. The van der Waals surface area contributed by atoms with E-state index < -0.39 is 49.5 Å². The average molecular weight is 1270 g/mol. The number of rotatable bonds is 67. The topological polar surface area (TPSA) is 175 Å². The van der Waals surface area contributed by atoms with Gasteiger partial charge in [-0.05, 0) is 109 Å². The van der Waals surface area contributed by atoms with Gasteiger partial charge in [0.15, 0.2) is 6.29 Å². The summed E-state index contributed by atoms with van der Waals surface area (Å²) < 4.78 is 16.7. The number of carbonyl (C=O) groups excluding carboxylic acids is 2. The molecule has 6 N–H and O–H groups in total. The van der Waals surface area contributed by atoms with Crippen molar-refractivity contribution in [2.24, 2.45) is 0 Å². The largest absolute Gasteiger partial charge is 0.466 e. The molecule has 1 heterocycles. The zero-order valence-electron chi connectivity index (χ0n) is 58.3. The Kier molecular flexibility index (Phi) is 63.9. The van der Waals surface area contributed by atoms with Gasteiger partial charge in [0.1, 0.15) is 24.4 Å². The van der Waals surface area contributed by atoms with Crippen molar-refractivity contribution in [2.45, 2.75) is 397 Å². The highest BCUT2D eigenvalue weighted by molar-refractivity contribution is 5.76. The van der Waals surface area contributed by atoms with E-state index in [-0.39, 0.29) is 18.5 Å². The van der Waals surface area contributed by atoms with Crippen molar-refractivity contribution in [1.82, 2.24) is 5.32 Å². The third-order valence-corrected chi connectivity index (χ3v) is 17.8. The SMILES string of the molecule is CCCCC/C=C/CC/C=C/C(O)C(COC1OC(CO)C(O)C(O)C1O)NC(=O)CCCCCCCCCCCCCCCCCCC/C=C\C/C=C\CCCCCCCCCCCCCOC(=O)CCCCCCCCC/C=C\C/C=C\CCCCCC. The maximum Gasteiger partial charge on any atom is 0.305 e. The molecule has 7 atom stereocenters. The monoisotopic (exact) mass is 1270 g/mol. The number of aliphatic hydroxyl groups is 5. The van der Waals surface area contributed by atoms with Crippen LogP contribution in [0, 0.1) is 0 Å².